The molecule has 0 radical (unpaired) electrons. The van der Waals surface area contributed by atoms with E-state index in [0.29, 0.717) is 6.42 Å². The first-order chi connectivity index (χ1) is 12.7. The molecule has 3 aromatic rings. The van der Waals surface area contributed by atoms with Gasteiger partial charge in [-0.3, -0.25) is 0 Å². The highest BCUT2D eigenvalue weighted by Crippen LogP contribution is 2.35. The molecule has 0 N–H and O–H groups in total. The molecule has 0 amide bonds. The van der Waals surface area contributed by atoms with E-state index in [1.54, 1.807) is 13.3 Å². The van der Waals surface area contributed by atoms with Gasteiger partial charge in [-0.05, 0) is 43.5 Å². The Morgan fingerprint density at radius 3 is 3.04 bits per heavy atom. The van der Waals surface area contributed by atoms with Crippen LogP contribution in [0.15, 0.2) is 47.1 Å². The smallest absolute Gasteiger partial charge is 0.217 e. The number of hydrogen-bond acceptors (Lipinski definition) is 6. The lowest BCUT2D eigenvalue weighted by atomic mass is 10.1. The van der Waals surface area contributed by atoms with E-state index in [-0.39, 0.29) is 6.04 Å². The normalized spacial score (nSPS) is 16.8. The van der Waals surface area contributed by atoms with Crippen molar-refractivity contribution in [3.8, 4) is 5.75 Å². The second-order valence-corrected chi connectivity index (χ2v) is 6.51. The summed E-state index contributed by atoms with van der Waals surface area (Å²) >= 11 is 0. The third kappa shape index (κ3) is 3.40. The minimum atomic E-state index is 0.128. The number of ether oxygens (including phenoxy) is 1. The van der Waals surface area contributed by atoms with E-state index < -0.39 is 0 Å². The Morgan fingerprint density at radius 1 is 1.27 bits per heavy atom. The van der Waals surface area contributed by atoms with Crippen molar-refractivity contribution in [2.45, 2.75) is 32.2 Å². The van der Waals surface area contributed by atoms with Crippen LogP contribution < -0.4 is 9.64 Å². The van der Waals surface area contributed by atoms with E-state index in [2.05, 4.69) is 25.9 Å². The lowest BCUT2D eigenvalue weighted by Gasteiger charge is -2.23. The molecule has 134 valence electrons. The number of aromatic nitrogens is 3. The largest absolute Gasteiger partial charge is 0.497 e. The van der Waals surface area contributed by atoms with Crippen molar-refractivity contribution in [1.29, 1.82) is 0 Å². The first kappa shape index (κ1) is 16.6. The maximum absolute atomic E-state index is 6.09. The fourth-order valence-corrected chi connectivity index (χ4v) is 3.44. The molecule has 3 heterocycles. The molecule has 1 aliphatic rings. The molecule has 0 bridgehead atoms. The average molecular weight is 350 g/mol. The molecule has 1 aliphatic heterocycles. The molecule has 1 fully saturated rings. The molecule has 1 aromatic carbocycles. The highest BCUT2D eigenvalue weighted by Gasteiger charge is 2.31. The molecule has 2 aromatic heterocycles. The third-order valence-electron chi connectivity index (χ3n) is 4.68. The Hall–Kier alpha value is -2.89. The molecule has 1 atom stereocenters. The van der Waals surface area contributed by atoms with Crippen molar-refractivity contribution in [3.63, 3.8) is 0 Å². The van der Waals surface area contributed by atoms with Gasteiger partial charge in [0.1, 0.15) is 29.2 Å². The first-order valence-electron chi connectivity index (χ1n) is 8.87. The van der Waals surface area contributed by atoms with Gasteiger partial charge in [-0.25, -0.2) is 15.0 Å². The number of hydrogen-bond donors (Lipinski definition) is 0. The zero-order valence-corrected chi connectivity index (χ0v) is 15.1. The molecule has 4 rings (SSSR count). The molecule has 6 nitrogen and oxygen atoms in total. The summed E-state index contributed by atoms with van der Waals surface area (Å²) in [6.07, 6.45) is 6.44. The van der Waals surface area contributed by atoms with Gasteiger partial charge in [-0.1, -0.05) is 12.1 Å². The summed E-state index contributed by atoms with van der Waals surface area (Å²) in [5.41, 5.74) is 1.14. The maximum Gasteiger partial charge on any atom is 0.217 e. The lowest BCUT2D eigenvalue weighted by molar-refractivity contribution is 0.413. The fraction of sp³-hybridized carbons (Fsp3) is 0.350. The van der Waals surface area contributed by atoms with E-state index in [9.17, 15) is 0 Å². The number of aryl methyl sites for hydroxylation is 1. The molecule has 0 spiro atoms. The Labute approximate surface area is 152 Å². The summed E-state index contributed by atoms with van der Waals surface area (Å²) in [6.45, 7) is 2.86. The summed E-state index contributed by atoms with van der Waals surface area (Å²) in [4.78, 5) is 15.6. The van der Waals surface area contributed by atoms with Crippen LogP contribution in [-0.2, 0) is 6.42 Å². The predicted molar refractivity (Wildman–Crippen MR) is 98.4 cm³/mol. The quantitative estimate of drug-likeness (QED) is 0.699. The second kappa shape index (κ2) is 7.15. The van der Waals surface area contributed by atoms with Crippen LogP contribution >= 0.6 is 0 Å². The van der Waals surface area contributed by atoms with Crippen molar-refractivity contribution in [3.05, 3.63) is 65.8 Å². The van der Waals surface area contributed by atoms with Crippen LogP contribution in [0.1, 0.15) is 41.9 Å². The van der Waals surface area contributed by atoms with Gasteiger partial charge in [0.15, 0.2) is 0 Å². The van der Waals surface area contributed by atoms with Gasteiger partial charge in [-0.15, -0.1) is 0 Å². The molecular weight excluding hydrogens is 328 g/mol. The van der Waals surface area contributed by atoms with Crippen LogP contribution in [0.2, 0.25) is 0 Å². The van der Waals surface area contributed by atoms with Gasteiger partial charge >= 0.3 is 0 Å². The standard InChI is InChI=1S/C20H22N4O2/c1-14-21-9-8-19(23-14)24-10-4-7-18(24)20-22-13-17(26-20)12-15-5-3-6-16(11-15)25-2/h3,5-6,8-9,11,13,18H,4,7,10,12H2,1-2H3/t18-/m0/s1. The Kier molecular flexibility index (Phi) is 4.56. The average Bonchev–Trinajstić information content (AvgIpc) is 3.31. The fourth-order valence-electron chi connectivity index (χ4n) is 3.44. The van der Waals surface area contributed by atoms with Gasteiger partial charge in [-0.2, -0.15) is 0 Å². The maximum atomic E-state index is 6.09. The third-order valence-corrected chi connectivity index (χ3v) is 4.68. The Morgan fingerprint density at radius 2 is 2.19 bits per heavy atom. The Balaban J connectivity index is 1.53. The monoisotopic (exact) mass is 350 g/mol. The number of anilines is 1. The van der Waals surface area contributed by atoms with Gasteiger partial charge in [0.2, 0.25) is 5.89 Å². The number of benzene rings is 1. The van der Waals surface area contributed by atoms with E-state index in [4.69, 9.17) is 9.15 Å². The van der Waals surface area contributed by atoms with E-state index in [0.717, 1.165) is 54.0 Å². The van der Waals surface area contributed by atoms with Crippen LogP contribution in [0.3, 0.4) is 0 Å². The highest BCUT2D eigenvalue weighted by molar-refractivity contribution is 5.41. The summed E-state index contributed by atoms with van der Waals surface area (Å²) in [6, 6.07) is 10.1. The topological polar surface area (TPSA) is 64.3 Å². The molecule has 0 aliphatic carbocycles. The predicted octanol–water partition coefficient (Wildman–Crippen LogP) is 3.71. The minimum absolute atomic E-state index is 0.128. The van der Waals surface area contributed by atoms with Crippen LogP contribution in [-0.4, -0.2) is 28.6 Å². The minimum Gasteiger partial charge on any atom is -0.497 e. The van der Waals surface area contributed by atoms with Crippen LogP contribution in [0.25, 0.3) is 0 Å². The highest BCUT2D eigenvalue weighted by atomic mass is 16.5. The van der Waals surface area contributed by atoms with Gasteiger partial charge in [0.05, 0.1) is 13.3 Å². The van der Waals surface area contributed by atoms with Gasteiger partial charge in [0.25, 0.3) is 0 Å². The zero-order chi connectivity index (χ0) is 17.9. The van der Waals surface area contributed by atoms with Crippen LogP contribution in [0.5, 0.6) is 5.75 Å². The lowest BCUT2D eigenvalue weighted by Crippen LogP contribution is -2.24. The van der Waals surface area contributed by atoms with Crippen molar-refractivity contribution in [2.75, 3.05) is 18.6 Å². The van der Waals surface area contributed by atoms with E-state index in [1.165, 1.54) is 0 Å². The van der Waals surface area contributed by atoms with Gasteiger partial charge < -0.3 is 14.1 Å². The number of methoxy groups -OCH3 is 1. The summed E-state index contributed by atoms with van der Waals surface area (Å²) in [7, 11) is 1.68. The number of oxazole rings is 1. The summed E-state index contributed by atoms with van der Waals surface area (Å²) in [5, 5.41) is 0. The second-order valence-electron chi connectivity index (χ2n) is 6.51. The Bertz CT molecular complexity index is 893. The number of rotatable bonds is 5. The van der Waals surface area contributed by atoms with E-state index in [1.807, 2.05) is 37.4 Å². The van der Waals surface area contributed by atoms with Crippen molar-refractivity contribution >= 4 is 5.82 Å². The van der Waals surface area contributed by atoms with Crippen molar-refractivity contribution < 1.29 is 9.15 Å². The molecule has 6 heteroatoms. The molecule has 0 unspecified atom stereocenters. The van der Waals surface area contributed by atoms with Crippen LogP contribution in [0, 0.1) is 6.92 Å². The van der Waals surface area contributed by atoms with E-state index >= 15 is 0 Å². The first-order valence-corrected chi connectivity index (χ1v) is 8.87. The summed E-state index contributed by atoms with van der Waals surface area (Å²) in [5.74, 6) is 4.19. The van der Waals surface area contributed by atoms with Gasteiger partial charge in [0, 0.05) is 19.2 Å². The van der Waals surface area contributed by atoms with Crippen molar-refractivity contribution in [2.24, 2.45) is 0 Å². The SMILES string of the molecule is COc1cccc(Cc2cnc([C@@H]3CCCN3c3ccnc(C)n3)o2)c1. The zero-order valence-electron chi connectivity index (χ0n) is 15.1. The number of nitrogens with zero attached hydrogens (tertiary/aromatic N) is 4. The summed E-state index contributed by atoms with van der Waals surface area (Å²) < 4.78 is 11.4. The molecule has 0 saturated carbocycles. The molecular formula is C20H22N4O2. The molecule has 1 saturated heterocycles. The van der Waals surface area contributed by atoms with Crippen molar-refractivity contribution in [1.82, 2.24) is 15.0 Å². The van der Waals surface area contributed by atoms with Crippen LogP contribution in [0.4, 0.5) is 5.82 Å². The molecule has 26 heavy (non-hydrogen) atoms.